The summed E-state index contributed by atoms with van der Waals surface area (Å²) in [5.74, 6) is -0.926. The van der Waals surface area contributed by atoms with Gasteiger partial charge in [0.2, 0.25) is 11.8 Å². The molecule has 11 heteroatoms. The lowest BCUT2D eigenvalue weighted by atomic mass is 9.87. The van der Waals surface area contributed by atoms with Crippen LogP contribution in [0.25, 0.3) is 10.9 Å². The number of amides is 2. The van der Waals surface area contributed by atoms with E-state index in [4.69, 9.17) is 21.1 Å². The van der Waals surface area contributed by atoms with Gasteiger partial charge in [0.05, 0.1) is 29.7 Å². The zero-order chi connectivity index (χ0) is 33.6. The number of ether oxygens (including phenoxy) is 2. The Morgan fingerprint density at radius 1 is 1.04 bits per heavy atom. The van der Waals surface area contributed by atoms with Crippen molar-refractivity contribution in [3.63, 3.8) is 0 Å². The van der Waals surface area contributed by atoms with Gasteiger partial charge >= 0.3 is 5.97 Å². The Morgan fingerprint density at radius 3 is 2.48 bits per heavy atom. The van der Waals surface area contributed by atoms with Crippen molar-refractivity contribution < 1.29 is 28.7 Å². The molecule has 0 radical (unpaired) electrons. The average Bonchev–Trinajstić information content (AvgIpc) is 3.74. The minimum absolute atomic E-state index is 0.0522. The van der Waals surface area contributed by atoms with Gasteiger partial charge in [-0.15, -0.1) is 0 Å². The fourth-order valence-corrected chi connectivity index (χ4v) is 6.93. The number of esters is 1. The van der Waals surface area contributed by atoms with Crippen LogP contribution >= 0.6 is 11.6 Å². The van der Waals surface area contributed by atoms with Crippen molar-refractivity contribution in [2.45, 2.75) is 58.1 Å². The van der Waals surface area contributed by atoms with Crippen LogP contribution in [-0.2, 0) is 32.2 Å². The van der Waals surface area contributed by atoms with E-state index >= 15 is 0 Å². The highest BCUT2D eigenvalue weighted by Crippen LogP contribution is 2.39. The Hall–Kier alpha value is -4.54. The Labute approximate surface area is 284 Å². The van der Waals surface area contributed by atoms with Crippen LogP contribution in [0.2, 0.25) is 5.02 Å². The number of hydrogen-bond acceptors (Lipinski definition) is 7. The first-order chi connectivity index (χ1) is 23.3. The van der Waals surface area contributed by atoms with Gasteiger partial charge in [0.25, 0.3) is 0 Å². The first-order valence-electron chi connectivity index (χ1n) is 16.4. The molecule has 3 heterocycles. The smallest absolute Gasteiger partial charge is 0.340 e. The molecule has 2 fully saturated rings. The molecule has 4 aromatic rings. The molecule has 1 saturated heterocycles. The van der Waals surface area contributed by atoms with Crippen LogP contribution in [0, 0.1) is 5.92 Å². The number of carbonyl (C=O) groups is 4. The zero-order valence-corrected chi connectivity index (χ0v) is 27.7. The molecule has 1 aliphatic heterocycles. The number of halogens is 1. The van der Waals surface area contributed by atoms with Gasteiger partial charge in [-0.2, -0.15) is 0 Å². The van der Waals surface area contributed by atoms with Gasteiger partial charge in [-0.3, -0.25) is 14.4 Å². The third kappa shape index (κ3) is 7.77. The van der Waals surface area contributed by atoms with Crippen LogP contribution in [-0.4, -0.2) is 64.3 Å². The lowest BCUT2D eigenvalue weighted by Crippen LogP contribution is -2.42. The summed E-state index contributed by atoms with van der Waals surface area (Å²) >= 11 is 6.62. The summed E-state index contributed by atoms with van der Waals surface area (Å²) in [5, 5.41) is 3.98. The van der Waals surface area contributed by atoms with Crippen molar-refractivity contribution in [3.05, 3.63) is 94.3 Å². The molecule has 2 aromatic carbocycles. The number of rotatable bonds is 11. The maximum atomic E-state index is 14.1. The van der Waals surface area contributed by atoms with E-state index in [0.717, 1.165) is 42.2 Å². The predicted molar refractivity (Wildman–Crippen MR) is 182 cm³/mol. The number of morpholine rings is 1. The number of aromatic nitrogens is 2. The molecule has 1 saturated carbocycles. The van der Waals surface area contributed by atoms with Crippen molar-refractivity contribution in [3.8, 4) is 0 Å². The maximum absolute atomic E-state index is 14.1. The predicted octanol–water partition coefficient (Wildman–Crippen LogP) is 6.41. The van der Waals surface area contributed by atoms with E-state index in [0.29, 0.717) is 60.6 Å². The number of nitrogens with one attached hydrogen (secondary N) is 1. The summed E-state index contributed by atoms with van der Waals surface area (Å²) < 4.78 is 12.7. The molecule has 1 unspecified atom stereocenters. The van der Waals surface area contributed by atoms with Crippen LogP contribution in [0.5, 0.6) is 0 Å². The molecule has 2 amide bonds. The van der Waals surface area contributed by atoms with E-state index in [1.54, 1.807) is 29.2 Å². The maximum Gasteiger partial charge on any atom is 0.340 e. The molecule has 1 atom stereocenters. The Kier molecular flexibility index (Phi) is 10.5. The number of anilines is 1. The molecule has 1 N–H and O–H groups in total. The van der Waals surface area contributed by atoms with E-state index in [-0.39, 0.29) is 36.3 Å². The van der Waals surface area contributed by atoms with Gasteiger partial charge in [-0.1, -0.05) is 67.6 Å². The second kappa shape index (κ2) is 15.1. The second-order valence-electron chi connectivity index (χ2n) is 12.5. The third-order valence-corrected chi connectivity index (χ3v) is 9.56. The molecule has 0 bridgehead atoms. The highest BCUT2D eigenvalue weighted by atomic mass is 35.5. The zero-order valence-electron chi connectivity index (χ0n) is 27.0. The highest BCUT2D eigenvalue weighted by molar-refractivity contribution is 6.34. The number of pyridine rings is 1. The minimum atomic E-state index is -0.577. The quantitative estimate of drug-likeness (QED) is 0.145. The number of nitrogens with zero attached hydrogens (tertiary/aromatic N) is 3. The third-order valence-electron chi connectivity index (χ3n) is 9.25. The molecule has 250 valence electrons. The standard InChI is InChI=1S/C37H39ClN4O6/c1-24(43)28-19-33-29(18-32(28)38)31(21-42(33)22-35(44)41-13-15-47-16-14-41)30(17-25-7-5-6-8-25)36(45)40-34-12-11-27(20-39-34)37(46)48-23-26-9-3-2-4-10-26/h2-4,9-12,18-21,25,30H,5-8,13-17,22-23H2,1H3,(H,39,40,45). The van der Waals surface area contributed by atoms with E-state index in [1.165, 1.54) is 13.1 Å². The molecular weight excluding hydrogens is 632 g/mol. The van der Waals surface area contributed by atoms with E-state index in [1.807, 2.05) is 41.1 Å². The Morgan fingerprint density at radius 2 is 1.79 bits per heavy atom. The summed E-state index contributed by atoms with van der Waals surface area (Å²) in [6, 6.07) is 16.0. The van der Waals surface area contributed by atoms with Crippen LogP contribution in [0.3, 0.4) is 0 Å². The van der Waals surface area contributed by atoms with Crippen molar-refractivity contribution in [2.75, 3.05) is 31.6 Å². The van der Waals surface area contributed by atoms with E-state index in [2.05, 4.69) is 10.3 Å². The number of benzene rings is 2. The summed E-state index contributed by atoms with van der Waals surface area (Å²) in [5.41, 5.74) is 2.92. The lowest BCUT2D eigenvalue weighted by Gasteiger charge is -2.27. The summed E-state index contributed by atoms with van der Waals surface area (Å²) in [4.78, 5) is 58.7. The summed E-state index contributed by atoms with van der Waals surface area (Å²) in [6.07, 6.45) is 8.16. The van der Waals surface area contributed by atoms with Crippen LogP contribution in [0.4, 0.5) is 5.82 Å². The van der Waals surface area contributed by atoms with Crippen LogP contribution < -0.4 is 5.32 Å². The molecule has 2 aromatic heterocycles. The lowest BCUT2D eigenvalue weighted by molar-refractivity contribution is -0.135. The molecular formula is C37H39ClN4O6. The fraction of sp³-hybridized carbons (Fsp3) is 0.378. The first kappa shape index (κ1) is 33.4. The highest BCUT2D eigenvalue weighted by Gasteiger charge is 2.31. The molecule has 0 spiro atoms. The summed E-state index contributed by atoms with van der Waals surface area (Å²) in [6.45, 7) is 3.65. The SMILES string of the molecule is CC(=O)c1cc2c(cc1Cl)c(C(CC1CCCC1)C(=O)Nc1ccc(C(=O)OCc3ccccc3)cn1)cn2CC(=O)N1CCOCC1. The molecule has 2 aliphatic rings. The van der Waals surface area contributed by atoms with Gasteiger partial charge in [0, 0.05) is 41.9 Å². The van der Waals surface area contributed by atoms with Gasteiger partial charge in [-0.25, -0.2) is 9.78 Å². The topological polar surface area (TPSA) is 120 Å². The van der Waals surface area contributed by atoms with Gasteiger partial charge < -0.3 is 24.3 Å². The van der Waals surface area contributed by atoms with Gasteiger partial charge in [0.1, 0.15) is 19.0 Å². The number of ketones is 1. The average molecular weight is 671 g/mol. The van der Waals surface area contributed by atoms with Crippen molar-refractivity contribution in [2.24, 2.45) is 5.92 Å². The van der Waals surface area contributed by atoms with E-state index in [9.17, 15) is 19.2 Å². The summed E-state index contributed by atoms with van der Waals surface area (Å²) in [7, 11) is 0. The van der Waals surface area contributed by atoms with Crippen LogP contribution in [0.15, 0.2) is 67.0 Å². The largest absolute Gasteiger partial charge is 0.457 e. The van der Waals surface area contributed by atoms with Crippen molar-refractivity contribution >= 4 is 51.9 Å². The molecule has 10 nitrogen and oxygen atoms in total. The van der Waals surface area contributed by atoms with Crippen molar-refractivity contribution in [1.82, 2.24) is 14.5 Å². The molecule has 48 heavy (non-hydrogen) atoms. The molecule has 6 rings (SSSR count). The van der Waals surface area contributed by atoms with Crippen molar-refractivity contribution in [1.29, 1.82) is 0 Å². The Balaban J connectivity index is 1.27. The normalized spacial score (nSPS) is 15.8. The fourth-order valence-electron chi connectivity index (χ4n) is 6.64. The number of hydrogen-bond donors (Lipinski definition) is 1. The van der Waals surface area contributed by atoms with E-state index < -0.39 is 11.9 Å². The number of carbonyl (C=O) groups excluding carboxylic acids is 4. The second-order valence-corrected chi connectivity index (χ2v) is 12.9. The van der Waals surface area contributed by atoms with Gasteiger partial charge in [0.15, 0.2) is 5.78 Å². The first-order valence-corrected chi connectivity index (χ1v) is 16.8. The van der Waals surface area contributed by atoms with Crippen LogP contribution in [0.1, 0.15) is 76.8 Å². The Bertz CT molecular complexity index is 1790. The monoisotopic (exact) mass is 670 g/mol. The molecule has 1 aliphatic carbocycles. The minimum Gasteiger partial charge on any atom is -0.457 e. The number of fused-ring (bicyclic) bond motifs is 1. The van der Waals surface area contributed by atoms with Gasteiger partial charge in [-0.05, 0) is 54.7 Å². The number of Topliss-reactive ketones (excluding diaryl/α,β-unsaturated/α-hetero) is 1.